The average molecular weight is 295 g/mol. The Bertz CT molecular complexity index is 487. The Labute approximate surface area is 123 Å². The summed E-state index contributed by atoms with van der Waals surface area (Å²) >= 11 is 1.67. The van der Waals surface area contributed by atoms with Gasteiger partial charge in [-0.25, -0.2) is 4.98 Å². The van der Waals surface area contributed by atoms with Gasteiger partial charge < -0.3 is 10.2 Å². The molecule has 0 aliphatic carbocycles. The Morgan fingerprint density at radius 2 is 2.30 bits per heavy atom. The van der Waals surface area contributed by atoms with Crippen molar-refractivity contribution in [1.29, 1.82) is 0 Å². The summed E-state index contributed by atoms with van der Waals surface area (Å²) in [4.78, 5) is 28.8. The monoisotopic (exact) mass is 295 g/mol. The summed E-state index contributed by atoms with van der Waals surface area (Å²) in [6, 6.07) is 0. The number of nitrogens with zero attached hydrogens (tertiary/aromatic N) is 2. The van der Waals surface area contributed by atoms with Crippen molar-refractivity contribution in [3.05, 3.63) is 16.1 Å². The van der Waals surface area contributed by atoms with E-state index in [0.717, 1.165) is 43.1 Å². The molecule has 0 radical (unpaired) electrons. The molecule has 110 valence electrons. The van der Waals surface area contributed by atoms with Crippen LogP contribution in [0.3, 0.4) is 0 Å². The Balaban J connectivity index is 1.91. The first kappa shape index (κ1) is 15.0. The highest BCUT2D eigenvalue weighted by Gasteiger charge is 2.24. The number of thiazole rings is 1. The van der Waals surface area contributed by atoms with Crippen molar-refractivity contribution in [2.24, 2.45) is 0 Å². The summed E-state index contributed by atoms with van der Waals surface area (Å²) in [5.41, 5.74) is 1.03. The molecule has 1 fully saturated rings. The van der Waals surface area contributed by atoms with Crippen molar-refractivity contribution in [3.8, 4) is 0 Å². The highest BCUT2D eigenvalue weighted by molar-refractivity contribution is 7.09. The molecule has 2 rings (SSSR count). The number of piperidine rings is 1. The Morgan fingerprint density at radius 3 is 3.00 bits per heavy atom. The average Bonchev–Trinajstić information content (AvgIpc) is 2.87. The molecule has 2 amide bonds. The second-order valence-corrected chi connectivity index (χ2v) is 6.10. The van der Waals surface area contributed by atoms with Gasteiger partial charge in [0.25, 0.3) is 0 Å². The van der Waals surface area contributed by atoms with E-state index in [1.54, 1.807) is 18.3 Å². The van der Waals surface area contributed by atoms with E-state index in [0.29, 0.717) is 12.5 Å². The number of hydrogen-bond acceptors (Lipinski definition) is 4. The molecule has 0 spiro atoms. The van der Waals surface area contributed by atoms with Crippen LogP contribution >= 0.6 is 11.3 Å². The summed E-state index contributed by atoms with van der Waals surface area (Å²) in [6.45, 7) is 5.43. The summed E-state index contributed by atoms with van der Waals surface area (Å²) in [5, 5.41) is 5.96. The van der Waals surface area contributed by atoms with Crippen LogP contribution in [-0.4, -0.2) is 41.3 Å². The molecule has 1 N–H and O–H groups in total. The van der Waals surface area contributed by atoms with Crippen molar-refractivity contribution in [3.63, 3.8) is 0 Å². The molecule has 6 heteroatoms. The van der Waals surface area contributed by atoms with Crippen LogP contribution in [0.25, 0.3) is 0 Å². The fourth-order valence-electron chi connectivity index (χ4n) is 2.46. The summed E-state index contributed by atoms with van der Waals surface area (Å²) in [6.07, 6.45) is 2.91. The number of carbonyl (C=O) groups is 2. The first-order valence-corrected chi connectivity index (χ1v) is 7.88. The molecule has 0 bridgehead atoms. The van der Waals surface area contributed by atoms with Gasteiger partial charge in [0.15, 0.2) is 0 Å². The quantitative estimate of drug-likeness (QED) is 0.916. The molecule has 20 heavy (non-hydrogen) atoms. The van der Waals surface area contributed by atoms with Gasteiger partial charge in [-0.15, -0.1) is 11.3 Å². The van der Waals surface area contributed by atoms with Gasteiger partial charge in [-0.2, -0.15) is 0 Å². The lowest BCUT2D eigenvalue weighted by Crippen LogP contribution is -2.37. The second kappa shape index (κ2) is 6.83. The topological polar surface area (TPSA) is 62.3 Å². The predicted molar refractivity (Wildman–Crippen MR) is 78.7 cm³/mol. The summed E-state index contributed by atoms with van der Waals surface area (Å²) in [7, 11) is 0. The summed E-state index contributed by atoms with van der Waals surface area (Å²) in [5.74, 6) is 0.508. The van der Waals surface area contributed by atoms with Crippen LogP contribution in [0.5, 0.6) is 0 Å². The van der Waals surface area contributed by atoms with Crippen molar-refractivity contribution in [2.75, 3.05) is 19.6 Å². The van der Waals surface area contributed by atoms with Gasteiger partial charge in [-0.1, -0.05) is 0 Å². The normalized spacial score (nSPS) is 18.9. The van der Waals surface area contributed by atoms with E-state index in [4.69, 9.17) is 0 Å². The second-order valence-electron chi connectivity index (χ2n) is 5.21. The van der Waals surface area contributed by atoms with E-state index in [9.17, 15) is 9.59 Å². The van der Waals surface area contributed by atoms with E-state index < -0.39 is 0 Å². The molecular weight excluding hydrogens is 274 g/mol. The Morgan fingerprint density at radius 1 is 1.50 bits per heavy atom. The van der Waals surface area contributed by atoms with Gasteiger partial charge >= 0.3 is 0 Å². The van der Waals surface area contributed by atoms with E-state index in [1.807, 2.05) is 4.90 Å². The lowest BCUT2D eigenvalue weighted by Gasteiger charge is -2.30. The molecule has 1 aliphatic rings. The zero-order valence-corrected chi connectivity index (χ0v) is 12.8. The predicted octanol–water partition coefficient (Wildman–Crippen LogP) is 1.55. The lowest BCUT2D eigenvalue weighted by atomic mass is 9.99. The molecule has 1 aromatic rings. The van der Waals surface area contributed by atoms with Crippen molar-refractivity contribution in [2.45, 2.75) is 39.0 Å². The van der Waals surface area contributed by atoms with Crippen molar-refractivity contribution >= 4 is 23.2 Å². The number of nitrogens with one attached hydrogen (secondary N) is 1. The van der Waals surface area contributed by atoms with Crippen LogP contribution in [0.15, 0.2) is 5.38 Å². The maximum Gasteiger partial charge on any atom is 0.219 e. The molecule has 2 heterocycles. The number of hydrogen-bond donors (Lipinski definition) is 1. The minimum Gasteiger partial charge on any atom is -0.356 e. The zero-order chi connectivity index (χ0) is 14.5. The fourth-order valence-corrected chi connectivity index (χ4v) is 3.44. The maximum atomic E-state index is 11.5. The third-order valence-corrected chi connectivity index (χ3v) is 4.60. The van der Waals surface area contributed by atoms with Gasteiger partial charge in [-0.3, -0.25) is 9.59 Å². The minimum absolute atomic E-state index is 0.00941. The fraction of sp³-hybridized carbons (Fsp3) is 0.643. The molecule has 0 unspecified atom stereocenters. The molecule has 5 nitrogen and oxygen atoms in total. The third kappa shape index (κ3) is 4.03. The molecule has 1 aliphatic heterocycles. The third-order valence-electron chi connectivity index (χ3n) is 3.54. The lowest BCUT2D eigenvalue weighted by molar-refractivity contribution is -0.130. The maximum absolute atomic E-state index is 11.5. The van der Waals surface area contributed by atoms with Crippen LogP contribution < -0.4 is 5.32 Å². The van der Waals surface area contributed by atoms with Gasteiger partial charge in [0.05, 0.1) is 10.7 Å². The van der Waals surface area contributed by atoms with E-state index >= 15 is 0 Å². The van der Waals surface area contributed by atoms with Gasteiger partial charge in [0.1, 0.15) is 0 Å². The number of carbonyl (C=O) groups excluding carboxylic acids is 2. The molecule has 1 saturated heterocycles. The molecule has 1 atom stereocenters. The van der Waals surface area contributed by atoms with E-state index in [-0.39, 0.29) is 11.8 Å². The Kier molecular flexibility index (Phi) is 5.11. The molecule has 1 aromatic heterocycles. The molecule has 0 saturated carbocycles. The number of likely N-dealkylation sites (tertiary alicyclic amines) is 1. The van der Waals surface area contributed by atoms with Gasteiger partial charge in [0.2, 0.25) is 11.8 Å². The van der Waals surface area contributed by atoms with Crippen molar-refractivity contribution < 1.29 is 9.59 Å². The van der Waals surface area contributed by atoms with E-state index in [2.05, 4.69) is 15.7 Å². The number of aromatic nitrogens is 1. The Hall–Kier alpha value is -1.43. The summed E-state index contributed by atoms with van der Waals surface area (Å²) < 4.78 is 0. The smallest absolute Gasteiger partial charge is 0.219 e. The first-order chi connectivity index (χ1) is 9.56. The highest BCUT2D eigenvalue weighted by Crippen LogP contribution is 2.29. The molecule has 0 aromatic carbocycles. The highest BCUT2D eigenvalue weighted by atomic mass is 32.1. The van der Waals surface area contributed by atoms with Gasteiger partial charge in [0, 0.05) is 51.2 Å². The minimum atomic E-state index is -0.00941. The van der Waals surface area contributed by atoms with Crippen LogP contribution in [0.1, 0.15) is 43.3 Å². The SMILES string of the molecule is CC(=O)NCCc1csc([C@H]2CCCN(C(C)=O)C2)n1. The van der Waals surface area contributed by atoms with Crippen LogP contribution in [0, 0.1) is 0 Å². The standard InChI is InChI=1S/C14H21N3O2S/c1-10(18)15-6-5-13-9-20-14(16-13)12-4-3-7-17(8-12)11(2)19/h9,12H,3-8H2,1-2H3,(H,15,18)/t12-/m0/s1. The number of amides is 2. The van der Waals surface area contributed by atoms with Crippen molar-refractivity contribution in [1.82, 2.24) is 15.2 Å². The van der Waals surface area contributed by atoms with Crippen LogP contribution in [0.2, 0.25) is 0 Å². The van der Waals surface area contributed by atoms with E-state index in [1.165, 1.54) is 6.92 Å². The first-order valence-electron chi connectivity index (χ1n) is 7.00. The van der Waals surface area contributed by atoms with Crippen LogP contribution in [0.4, 0.5) is 0 Å². The largest absolute Gasteiger partial charge is 0.356 e. The van der Waals surface area contributed by atoms with Gasteiger partial charge in [-0.05, 0) is 12.8 Å². The zero-order valence-electron chi connectivity index (χ0n) is 12.0. The van der Waals surface area contributed by atoms with Crippen LogP contribution in [-0.2, 0) is 16.0 Å². The molecular formula is C14H21N3O2S. The number of rotatable bonds is 4.